The first-order valence-corrected chi connectivity index (χ1v) is 4.19. The maximum atomic E-state index is 12.1. The van der Waals surface area contributed by atoms with E-state index < -0.39 is 19.5 Å². The van der Waals surface area contributed by atoms with Crippen molar-refractivity contribution < 1.29 is 13.5 Å². The van der Waals surface area contributed by atoms with E-state index in [1.807, 2.05) is 6.92 Å². The van der Waals surface area contributed by atoms with Crippen LogP contribution in [-0.2, 0) is 4.74 Å². The van der Waals surface area contributed by atoms with Gasteiger partial charge in [0, 0.05) is 0 Å². The number of hydrogen-bond acceptors (Lipinski definition) is 2. The summed E-state index contributed by atoms with van der Waals surface area (Å²) >= 11 is 0. The quantitative estimate of drug-likeness (QED) is 0.726. The minimum absolute atomic E-state index is 0.0226. The lowest BCUT2D eigenvalue weighted by atomic mass is 10.2. The van der Waals surface area contributed by atoms with E-state index in [1.165, 1.54) is 0 Å². The molecule has 0 saturated heterocycles. The third kappa shape index (κ3) is 2.72. The zero-order chi connectivity index (χ0) is 9.68. The van der Waals surface area contributed by atoms with Gasteiger partial charge in [0.25, 0.3) is 0 Å². The summed E-state index contributed by atoms with van der Waals surface area (Å²) in [5, 5.41) is 2.97. The van der Waals surface area contributed by atoms with Crippen LogP contribution < -0.4 is 5.32 Å². The van der Waals surface area contributed by atoms with Crippen molar-refractivity contribution in [1.29, 1.82) is 0 Å². The van der Waals surface area contributed by atoms with Gasteiger partial charge in [0.1, 0.15) is 19.1 Å². The Hall–Kier alpha value is -1.06. The molecule has 1 aliphatic heterocycles. The molecule has 1 unspecified atom stereocenters. The van der Waals surface area contributed by atoms with Gasteiger partial charge in [0.15, 0.2) is 6.10 Å². The molecule has 4 heteroatoms. The highest BCUT2D eigenvalue weighted by Crippen LogP contribution is 2.12. The number of allylic oxidation sites excluding steroid dienone is 2. The molecule has 0 spiro atoms. The minimum atomic E-state index is -0.970. The molecule has 1 aliphatic rings. The second-order valence-corrected chi connectivity index (χ2v) is 2.86. The number of ether oxygens (including phenoxy) is 1. The lowest BCUT2D eigenvalue weighted by molar-refractivity contribution is 0.0595. The maximum Gasteiger partial charge on any atom is 0.155 e. The number of nitrogens with one attached hydrogen (secondary N) is 1. The number of alkyl halides is 2. The van der Waals surface area contributed by atoms with Crippen LogP contribution in [0.5, 0.6) is 0 Å². The smallest absolute Gasteiger partial charge is 0.155 e. The molecule has 1 atom stereocenters. The van der Waals surface area contributed by atoms with Crippen LogP contribution >= 0.6 is 0 Å². The summed E-state index contributed by atoms with van der Waals surface area (Å²) in [6, 6.07) is -0.0226. The Kier molecular flexibility index (Phi) is 3.73. The van der Waals surface area contributed by atoms with E-state index in [0.717, 1.165) is 0 Å². The Morgan fingerprint density at radius 3 is 2.77 bits per heavy atom. The van der Waals surface area contributed by atoms with Crippen molar-refractivity contribution in [2.75, 3.05) is 13.3 Å². The molecule has 0 aliphatic carbocycles. The Morgan fingerprint density at radius 1 is 1.54 bits per heavy atom. The fourth-order valence-corrected chi connectivity index (χ4v) is 1.01. The van der Waals surface area contributed by atoms with Gasteiger partial charge in [-0.05, 0) is 25.3 Å². The van der Waals surface area contributed by atoms with Crippen molar-refractivity contribution in [1.82, 2.24) is 5.32 Å². The second-order valence-electron chi connectivity index (χ2n) is 2.86. The second kappa shape index (κ2) is 4.84. The molecule has 1 rings (SSSR count). The van der Waals surface area contributed by atoms with Crippen LogP contribution in [-0.4, -0.2) is 25.5 Å². The van der Waals surface area contributed by atoms with Crippen LogP contribution in [0.15, 0.2) is 24.1 Å². The van der Waals surface area contributed by atoms with Gasteiger partial charge in [-0.15, -0.1) is 0 Å². The Morgan fingerprint density at radius 2 is 2.23 bits per heavy atom. The number of hydrogen-bond donors (Lipinski definition) is 1. The van der Waals surface area contributed by atoms with Gasteiger partial charge >= 0.3 is 0 Å². The van der Waals surface area contributed by atoms with Gasteiger partial charge < -0.3 is 10.1 Å². The lowest BCUT2D eigenvalue weighted by Gasteiger charge is -2.22. The van der Waals surface area contributed by atoms with E-state index in [9.17, 15) is 8.78 Å². The van der Waals surface area contributed by atoms with Gasteiger partial charge in [-0.25, -0.2) is 8.78 Å². The van der Waals surface area contributed by atoms with Gasteiger partial charge in [-0.1, -0.05) is 0 Å². The van der Waals surface area contributed by atoms with Gasteiger partial charge in [-0.3, -0.25) is 0 Å². The summed E-state index contributed by atoms with van der Waals surface area (Å²) in [6.07, 6.45) is 4.24. The van der Waals surface area contributed by atoms with Crippen LogP contribution in [0.25, 0.3) is 0 Å². The molecule has 0 fully saturated rings. The highest BCUT2D eigenvalue weighted by molar-refractivity contribution is 5.17. The zero-order valence-electron chi connectivity index (χ0n) is 7.47. The molecular weight excluding hydrogens is 176 g/mol. The minimum Gasteiger partial charge on any atom is -0.487 e. The highest BCUT2D eigenvalue weighted by Gasteiger charge is 2.16. The largest absolute Gasteiger partial charge is 0.487 e. The van der Waals surface area contributed by atoms with E-state index >= 15 is 0 Å². The van der Waals surface area contributed by atoms with Crippen molar-refractivity contribution >= 4 is 0 Å². The van der Waals surface area contributed by atoms with Crippen LogP contribution in [0.2, 0.25) is 0 Å². The third-order valence-electron chi connectivity index (χ3n) is 1.78. The van der Waals surface area contributed by atoms with E-state index in [-0.39, 0.29) is 6.04 Å². The molecule has 0 aromatic rings. The number of rotatable bonds is 4. The molecule has 1 N–H and O–H groups in total. The predicted octanol–water partition coefficient (Wildman–Crippen LogP) is 1.70. The van der Waals surface area contributed by atoms with Crippen LogP contribution in [0.3, 0.4) is 0 Å². The van der Waals surface area contributed by atoms with E-state index in [2.05, 4.69) is 5.32 Å². The first kappa shape index (κ1) is 10.0. The summed E-state index contributed by atoms with van der Waals surface area (Å²) in [5.74, 6) is 0.572. The average molecular weight is 189 g/mol. The van der Waals surface area contributed by atoms with Crippen molar-refractivity contribution in [3.05, 3.63) is 24.1 Å². The Labute approximate surface area is 76.3 Å². The fourth-order valence-electron chi connectivity index (χ4n) is 1.01. The summed E-state index contributed by atoms with van der Waals surface area (Å²) in [7, 11) is 0. The standard InChI is InChI=1S/C9H13F2NO/c1-7-9(3-2-4-12-7)13-8(5-10)6-11/h2-4,7-8,12H,5-6H2,1H3. The van der Waals surface area contributed by atoms with Crippen molar-refractivity contribution in [2.45, 2.75) is 19.1 Å². The van der Waals surface area contributed by atoms with Crippen molar-refractivity contribution in [2.24, 2.45) is 0 Å². The van der Waals surface area contributed by atoms with Gasteiger partial charge in [0.2, 0.25) is 0 Å². The van der Waals surface area contributed by atoms with Crippen LogP contribution in [0, 0.1) is 0 Å². The molecule has 0 aromatic heterocycles. The molecule has 13 heavy (non-hydrogen) atoms. The molecule has 2 nitrogen and oxygen atoms in total. The SMILES string of the molecule is CC1NC=CC=C1OC(CF)CF. The normalized spacial score (nSPS) is 21.2. The zero-order valence-corrected chi connectivity index (χ0v) is 7.47. The molecule has 0 saturated carbocycles. The topological polar surface area (TPSA) is 21.3 Å². The maximum absolute atomic E-state index is 12.1. The van der Waals surface area contributed by atoms with Crippen LogP contribution in [0.1, 0.15) is 6.92 Å². The Balaban J connectivity index is 2.50. The monoisotopic (exact) mass is 189 g/mol. The molecular formula is C9H13F2NO. The fraction of sp³-hybridized carbons (Fsp3) is 0.556. The third-order valence-corrected chi connectivity index (χ3v) is 1.78. The first-order valence-electron chi connectivity index (χ1n) is 4.19. The molecule has 0 radical (unpaired) electrons. The Bertz CT molecular complexity index is 212. The van der Waals surface area contributed by atoms with E-state index in [4.69, 9.17) is 4.74 Å². The highest BCUT2D eigenvalue weighted by atomic mass is 19.1. The van der Waals surface area contributed by atoms with Crippen molar-refractivity contribution in [3.8, 4) is 0 Å². The predicted molar refractivity (Wildman–Crippen MR) is 46.6 cm³/mol. The summed E-state index contributed by atoms with van der Waals surface area (Å²) in [6.45, 7) is 0.261. The number of halogens is 2. The molecule has 0 aromatic carbocycles. The summed E-state index contributed by atoms with van der Waals surface area (Å²) in [4.78, 5) is 0. The first-order chi connectivity index (χ1) is 6.27. The lowest BCUT2D eigenvalue weighted by Crippen LogP contribution is -2.30. The molecule has 0 amide bonds. The number of dihydropyridines is 1. The molecule has 0 bridgehead atoms. The van der Waals surface area contributed by atoms with Crippen molar-refractivity contribution in [3.63, 3.8) is 0 Å². The average Bonchev–Trinajstić information content (AvgIpc) is 2.17. The van der Waals surface area contributed by atoms with E-state index in [0.29, 0.717) is 5.76 Å². The van der Waals surface area contributed by atoms with Gasteiger partial charge in [0.05, 0.1) is 6.04 Å². The molecule has 1 heterocycles. The van der Waals surface area contributed by atoms with E-state index in [1.54, 1.807) is 18.4 Å². The van der Waals surface area contributed by atoms with Gasteiger partial charge in [-0.2, -0.15) is 0 Å². The summed E-state index contributed by atoms with van der Waals surface area (Å²) in [5.41, 5.74) is 0. The summed E-state index contributed by atoms with van der Waals surface area (Å²) < 4.78 is 29.3. The van der Waals surface area contributed by atoms with Crippen LogP contribution in [0.4, 0.5) is 8.78 Å². The molecule has 74 valence electrons.